The Morgan fingerprint density at radius 2 is 2.18 bits per heavy atom. The molecule has 0 saturated carbocycles. The van der Waals surface area contributed by atoms with Crippen LogP contribution in [0, 0.1) is 0 Å². The summed E-state index contributed by atoms with van der Waals surface area (Å²) in [7, 11) is 0. The standard InChI is InChI=1S/C8H16OS2/c1-7(2,9)8(10-3)5-4-6-11-8/h9H,4-6H2,1-3H3. The maximum Gasteiger partial charge on any atom is 0.0888 e. The molecule has 0 aliphatic carbocycles. The molecule has 0 spiro atoms. The van der Waals surface area contributed by atoms with Crippen LogP contribution in [0.2, 0.25) is 0 Å². The van der Waals surface area contributed by atoms with Gasteiger partial charge in [0.1, 0.15) is 0 Å². The number of hydrogen-bond acceptors (Lipinski definition) is 3. The fourth-order valence-corrected chi connectivity index (χ4v) is 4.34. The van der Waals surface area contributed by atoms with Gasteiger partial charge in [-0.05, 0) is 38.7 Å². The predicted molar refractivity (Wildman–Crippen MR) is 54.2 cm³/mol. The van der Waals surface area contributed by atoms with Crippen LogP contribution in [0.4, 0.5) is 0 Å². The van der Waals surface area contributed by atoms with Crippen molar-refractivity contribution in [3.05, 3.63) is 0 Å². The molecule has 0 radical (unpaired) electrons. The van der Waals surface area contributed by atoms with Gasteiger partial charge in [0, 0.05) is 0 Å². The summed E-state index contributed by atoms with van der Waals surface area (Å²) in [6.45, 7) is 3.84. The zero-order valence-electron chi connectivity index (χ0n) is 7.39. The maximum atomic E-state index is 9.93. The molecule has 0 amide bonds. The molecule has 1 unspecified atom stereocenters. The van der Waals surface area contributed by atoms with Crippen molar-refractivity contribution < 1.29 is 5.11 Å². The molecule has 1 nitrogen and oxygen atoms in total. The topological polar surface area (TPSA) is 20.2 Å². The van der Waals surface area contributed by atoms with Crippen molar-refractivity contribution in [2.24, 2.45) is 0 Å². The van der Waals surface area contributed by atoms with Gasteiger partial charge in [-0.2, -0.15) is 0 Å². The van der Waals surface area contributed by atoms with Crippen molar-refractivity contribution in [3.63, 3.8) is 0 Å². The highest BCUT2D eigenvalue weighted by Gasteiger charge is 2.46. The molecular formula is C8H16OS2. The smallest absolute Gasteiger partial charge is 0.0888 e. The van der Waals surface area contributed by atoms with Crippen molar-refractivity contribution in [2.75, 3.05) is 12.0 Å². The van der Waals surface area contributed by atoms with Crippen LogP contribution in [0.1, 0.15) is 26.7 Å². The molecule has 3 heteroatoms. The molecule has 1 saturated heterocycles. The van der Waals surface area contributed by atoms with E-state index in [2.05, 4.69) is 6.26 Å². The summed E-state index contributed by atoms with van der Waals surface area (Å²) in [5, 5.41) is 9.93. The minimum Gasteiger partial charge on any atom is -0.388 e. The average Bonchev–Trinajstić information content (AvgIpc) is 2.33. The second-order valence-corrected chi connectivity index (χ2v) is 6.23. The fourth-order valence-electron chi connectivity index (χ4n) is 1.51. The molecule has 1 N–H and O–H groups in total. The third kappa shape index (κ3) is 1.70. The van der Waals surface area contributed by atoms with Crippen LogP contribution in [0.15, 0.2) is 0 Å². The van der Waals surface area contributed by atoms with E-state index in [-0.39, 0.29) is 4.08 Å². The van der Waals surface area contributed by atoms with Crippen LogP contribution in [0.5, 0.6) is 0 Å². The second-order valence-electron chi connectivity index (χ2n) is 3.47. The lowest BCUT2D eigenvalue weighted by molar-refractivity contribution is 0.0665. The highest BCUT2D eigenvalue weighted by molar-refractivity contribution is 8.18. The number of hydrogen-bond donors (Lipinski definition) is 1. The summed E-state index contributed by atoms with van der Waals surface area (Å²) in [6, 6.07) is 0. The minimum absolute atomic E-state index is 0.0625. The van der Waals surface area contributed by atoms with Crippen molar-refractivity contribution >= 4 is 23.5 Å². The van der Waals surface area contributed by atoms with Crippen LogP contribution in [-0.4, -0.2) is 26.8 Å². The number of aliphatic hydroxyl groups is 1. The average molecular weight is 192 g/mol. The molecule has 1 aliphatic heterocycles. The Balaban J connectivity index is 2.75. The van der Waals surface area contributed by atoms with E-state index in [0.717, 1.165) is 6.42 Å². The van der Waals surface area contributed by atoms with E-state index in [9.17, 15) is 5.11 Å². The molecular weight excluding hydrogens is 176 g/mol. The first-order valence-corrected chi connectivity index (χ1v) is 6.14. The SMILES string of the molecule is CSC1(C(C)(C)O)CCCS1. The van der Waals surface area contributed by atoms with Crippen molar-refractivity contribution in [1.29, 1.82) is 0 Å². The van der Waals surface area contributed by atoms with E-state index in [0.29, 0.717) is 0 Å². The van der Waals surface area contributed by atoms with Crippen molar-refractivity contribution in [1.82, 2.24) is 0 Å². The zero-order valence-corrected chi connectivity index (χ0v) is 9.02. The van der Waals surface area contributed by atoms with Crippen LogP contribution < -0.4 is 0 Å². The molecule has 1 atom stereocenters. The van der Waals surface area contributed by atoms with Gasteiger partial charge in [-0.1, -0.05) is 0 Å². The number of thioether (sulfide) groups is 2. The Labute approximate surface area is 77.3 Å². The van der Waals surface area contributed by atoms with E-state index < -0.39 is 5.60 Å². The van der Waals surface area contributed by atoms with E-state index in [1.54, 1.807) is 11.8 Å². The summed E-state index contributed by atoms with van der Waals surface area (Å²) >= 11 is 3.71. The third-order valence-electron chi connectivity index (χ3n) is 2.25. The summed E-state index contributed by atoms with van der Waals surface area (Å²) in [5.41, 5.74) is -0.548. The number of rotatable bonds is 2. The van der Waals surface area contributed by atoms with Crippen molar-refractivity contribution in [3.8, 4) is 0 Å². The van der Waals surface area contributed by atoms with Gasteiger partial charge in [-0.15, -0.1) is 23.5 Å². The molecule has 0 bridgehead atoms. The lowest BCUT2D eigenvalue weighted by Gasteiger charge is -2.37. The molecule has 1 rings (SSSR count). The van der Waals surface area contributed by atoms with Gasteiger partial charge in [0.25, 0.3) is 0 Å². The molecule has 0 aromatic heterocycles. The van der Waals surface area contributed by atoms with Crippen LogP contribution in [0.25, 0.3) is 0 Å². The lowest BCUT2D eigenvalue weighted by Crippen LogP contribution is -2.42. The van der Waals surface area contributed by atoms with Gasteiger partial charge < -0.3 is 5.11 Å². The first kappa shape index (κ1) is 9.75. The Kier molecular flexibility index (Phi) is 2.83. The van der Waals surface area contributed by atoms with E-state index >= 15 is 0 Å². The lowest BCUT2D eigenvalue weighted by atomic mass is 10.0. The monoisotopic (exact) mass is 192 g/mol. The van der Waals surface area contributed by atoms with E-state index in [1.165, 1.54) is 12.2 Å². The quantitative estimate of drug-likeness (QED) is 0.725. The zero-order chi connectivity index (χ0) is 8.54. The highest BCUT2D eigenvalue weighted by Crippen LogP contribution is 2.52. The summed E-state index contributed by atoms with van der Waals surface area (Å²) in [6.07, 6.45) is 4.48. The largest absolute Gasteiger partial charge is 0.388 e. The van der Waals surface area contributed by atoms with E-state index in [1.807, 2.05) is 25.6 Å². The molecule has 0 aromatic carbocycles. The van der Waals surface area contributed by atoms with Crippen molar-refractivity contribution in [2.45, 2.75) is 36.4 Å². The highest BCUT2D eigenvalue weighted by atomic mass is 32.2. The summed E-state index contributed by atoms with van der Waals surface area (Å²) in [5.74, 6) is 1.20. The second kappa shape index (κ2) is 3.19. The molecule has 1 fully saturated rings. The predicted octanol–water partition coefficient (Wildman–Crippen LogP) is 2.34. The Bertz CT molecular complexity index is 134. The fraction of sp³-hybridized carbons (Fsp3) is 1.00. The Hall–Kier alpha value is 0.660. The summed E-state index contributed by atoms with van der Waals surface area (Å²) in [4.78, 5) is 0. The Morgan fingerprint density at radius 1 is 1.55 bits per heavy atom. The van der Waals surface area contributed by atoms with Gasteiger partial charge in [0.05, 0.1) is 9.68 Å². The molecule has 11 heavy (non-hydrogen) atoms. The Morgan fingerprint density at radius 3 is 2.36 bits per heavy atom. The van der Waals surface area contributed by atoms with Gasteiger partial charge in [-0.25, -0.2) is 0 Å². The van der Waals surface area contributed by atoms with Crippen LogP contribution in [0.3, 0.4) is 0 Å². The first-order valence-electron chi connectivity index (χ1n) is 3.93. The molecule has 66 valence electrons. The molecule has 1 heterocycles. The van der Waals surface area contributed by atoms with Gasteiger partial charge in [0.15, 0.2) is 0 Å². The normalized spacial score (nSPS) is 32.7. The van der Waals surface area contributed by atoms with Gasteiger partial charge in [0.2, 0.25) is 0 Å². The molecule has 0 aromatic rings. The van der Waals surface area contributed by atoms with Crippen LogP contribution >= 0.6 is 23.5 Å². The van der Waals surface area contributed by atoms with E-state index in [4.69, 9.17) is 0 Å². The third-order valence-corrected chi connectivity index (χ3v) is 6.13. The minimum atomic E-state index is -0.548. The van der Waals surface area contributed by atoms with Crippen LogP contribution in [-0.2, 0) is 0 Å². The van der Waals surface area contributed by atoms with Gasteiger partial charge >= 0.3 is 0 Å². The first-order chi connectivity index (χ1) is 5.02. The molecule has 1 aliphatic rings. The van der Waals surface area contributed by atoms with Gasteiger partial charge in [-0.3, -0.25) is 0 Å². The maximum absolute atomic E-state index is 9.93. The summed E-state index contributed by atoms with van der Waals surface area (Å²) < 4.78 is 0.0625.